The molecule has 0 atom stereocenters. The first kappa shape index (κ1) is 74.9. The van der Waals surface area contributed by atoms with Crippen LogP contribution in [0.5, 0.6) is 0 Å². The predicted molar refractivity (Wildman–Crippen MR) is 368 cm³/mol. The number of hydrogen-bond acceptors (Lipinski definition) is 21. The van der Waals surface area contributed by atoms with Gasteiger partial charge in [0.1, 0.15) is 22.6 Å². The van der Waals surface area contributed by atoms with Gasteiger partial charge in [0, 0.05) is 71.1 Å². The number of benzene rings is 4. The summed E-state index contributed by atoms with van der Waals surface area (Å²) in [5.41, 5.74) is 7.60. The highest BCUT2D eigenvalue weighted by Gasteiger charge is 2.52. The average molecular weight is 1540 g/mol. The lowest BCUT2D eigenvalue weighted by Crippen LogP contribution is -2.41. The molecule has 0 bridgehead atoms. The summed E-state index contributed by atoms with van der Waals surface area (Å²) >= 11 is 13.0. The summed E-state index contributed by atoms with van der Waals surface area (Å²) in [6.07, 6.45) is 6.96. The first-order valence-corrected chi connectivity index (χ1v) is 32.2. The molecule has 0 aliphatic carbocycles. The van der Waals surface area contributed by atoms with E-state index in [2.05, 4.69) is 113 Å². The van der Waals surface area contributed by atoms with Gasteiger partial charge >= 0.3 is 37.0 Å². The van der Waals surface area contributed by atoms with Crippen LogP contribution in [0.3, 0.4) is 0 Å². The number of aromatic nitrogens is 8. The molecule has 3 aliphatic heterocycles. The zero-order chi connectivity index (χ0) is 69.6. The van der Waals surface area contributed by atoms with Gasteiger partial charge in [-0.1, -0.05) is 81.9 Å². The number of fused-ring (bicyclic) bond motifs is 4. The fourth-order valence-electron chi connectivity index (χ4n) is 8.85. The number of carboxylic acid groups (broad SMARTS) is 1. The molecule has 1 N–H and O–H groups in total. The largest absolute Gasteiger partial charge is 0.498 e. The smallest absolute Gasteiger partial charge is 0.477 e. The van der Waals surface area contributed by atoms with Crippen LogP contribution >= 0.6 is 63.7 Å². The Morgan fingerprint density at radius 1 is 0.585 bits per heavy atom. The molecule has 0 spiro atoms. The number of aliphatic imine (C=N–C) groups is 2. The molecule has 1 saturated heterocycles. The summed E-state index contributed by atoms with van der Waals surface area (Å²) in [7, 11) is 3.60. The van der Waals surface area contributed by atoms with Crippen LogP contribution in [0.25, 0.3) is 32.9 Å². The van der Waals surface area contributed by atoms with Crippen molar-refractivity contribution in [1.82, 2.24) is 39.5 Å². The third kappa shape index (κ3) is 20.0. The van der Waals surface area contributed by atoms with Gasteiger partial charge in [0.05, 0.1) is 69.7 Å². The molecule has 7 heterocycles. The van der Waals surface area contributed by atoms with Gasteiger partial charge in [-0.05, 0) is 147 Å². The van der Waals surface area contributed by atoms with E-state index in [0.29, 0.717) is 40.9 Å². The number of aryl methyl sites for hydroxylation is 2. The lowest BCUT2D eigenvalue weighted by atomic mass is 9.81. The van der Waals surface area contributed by atoms with Crippen molar-refractivity contribution in [3.8, 4) is 11.1 Å². The number of alkyl halides is 1. The van der Waals surface area contributed by atoms with Crippen LogP contribution < -0.4 is 5.46 Å². The van der Waals surface area contributed by atoms with E-state index in [1.807, 2.05) is 123 Å². The molecule has 3 aliphatic rings. The summed E-state index contributed by atoms with van der Waals surface area (Å²) in [6, 6.07) is 22.3. The molecule has 4 aromatic heterocycles. The third-order valence-electron chi connectivity index (χ3n) is 14.0. The van der Waals surface area contributed by atoms with E-state index in [0.717, 1.165) is 63.6 Å². The number of carbonyl (C=O) groups is 7. The van der Waals surface area contributed by atoms with Crippen molar-refractivity contribution in [3.05, 3.63) is 156 Å². The maximum absolute atomic E-state index is 12.0. The second-order valence-corrected chi connectivity index (χ2v) is 26.2. The third-order valence-corrected chi connectivity index (χ3v) is 15.9. The molecule has 24 nitrogen and oxygen atoms in total. The van der Waals surface area contributed by atoms with E-state index in [9.17, 15) is 33.6 Å². The SMILES string of the molecule is CC(C)(C)OC(=O)CBr.COC(=O)C1=NCc2ccc(Br)cc21.COC(=O)c1nn(CC(C)=O)c2ccc(-c3cnc(C)nc3)cc12.COC(=O)c1nn(CC(C)=O)c2ccc(Br)cc12.Cc1ncc(B2OC(C)(C)C(C)(C)O2)cn1.O=C(O)C1=NCc2ccc(Br)cc21. The van der Waals surface area contributed by atoms with E-state index in [1.165, 1.54) is 44.5 Å². The number of ketones is 2. The molecule has 0 amide bonds. The lowest BCUT2D eigenvalue weighted by molar-refractivity contribution is -0.151. The van der Waals surface area contributed by atoms with Crippen molar-refractivity contribution < 1.29 is 66.9 Å². The van der Waals surface area contributed by atoms with E-state index < -0.39 is 17.9 Å². The molecule has 0 radical (unpaired) electrons. The first-order valence-electron chi connectivity index (χ1n) is 28.7. The summed E-state index contributed by atoms with van der Waals surface area (Å²) in [6.45, 7) is 21.5. The van der Waals surface area contributed by atoms with E-state index in [4.69, 9.17) is 23.9 Å². The van der Waals surface area contributed by atoms with Crippen LogP contribution in [-0.4, -0.2) is 148 Å². The number of esters is 4. The fraction of sp³-hybridized carbons (Fsp3) is 0.338. The topological polar surface area (TPSA) is 307 Å². The van der Waals surface area contributed by atoms with Crippen molar-refractivity contribution in [1.29, 1.82) is 0 Å². The Hall–Kier alpha value is -8.09. The second-order valence-electron chi connectivity index (χ2n) is 22.9. The first-order chi connectivity index (χ1) is 44.2. The molecule has 494 valence electrons. The molecule has 0 saturated carbocycles. The minimum atomic E-state index is -0.961. The molecular formula is C65H69BBr4N10O14. The van der Waals surface area contributed by atoms with Crippen LogP contribution in [0.15, 0.2) is 121 Å². The highest BCUT2D eigenvalue weighted by atomic mass is 79.9. The van der Waals surface area contributed by atoms with Gasteiger partial charge in [0.2, 0.25) is 0 Å². The van der Waals surface area contributed by atoms with Crippen LogP contribution in [0.1, 0.15) is 117 Å². The zero-order valence-electron chi connectivity index (χ0n) is 54.1. The predicted octanol–water partition coefficient (Wildman–Crippen LogP) is 10.9. The van der Waals surface area contributed by atoms with Crippen molar-refractivity contribution in [2.24, 2.45) is 9.98 Å². The Labute approximate surface area is 576 Å². The Morgan fingerprint density at radius 2 is 1.00 bits per heavy atom. The number of aliphatic carboxylic acids is 1. The van der Waals surface area contributed by atoms with Gasteiger partial charge < -0.3 is 33.4 Å². The maximum atomic E-state index is 12.0. The van der Waals surface area contributed by atoms with Crippen molar-refractivity contribution in [3.63, 3.8) is 0 Å². The minimum Gasteiger partial charge on any atom is -0.477 e. The van der Waals surface area contributed by atoms with E-state index in [-0.39, 0.29) is 82.9 Å². The number of ether oxygens (including phenoxy) is 4. The Kier molecular flexibility index (Phi) is 26.2. The number of methoxy groups -OCH3 is 3. The van der Waals surface area contributed by atoms with Gasteiger partial charge in [-0.25, -0.2) is 39.1 Å². The molecule has 0 unspecified atom stereocenters. The van der Waals surface area contributed by atoms with Crippen molar-refractivity contribution >= 4 is 151 Å². The van der Waals surface area contributed by atoms with Crippen LogP contribution in [0.4, 0.5) is 0 Å². The number of halogens is 4. The molecule has 1 fully saturated rings. The average Bonchev–Trinajstić information content (AvgIpc) is 1.64. The standard InChI is InChI=1S/C17H16N4O3.C12H11BrN2O3.C11H17BN2O2.C10H8BrNO2.C9H6BrNO2.C6H11BrO2/c1-10(22)9-21-15-5-4-12(13-7-18-11(2)19-8-13)6-14(15)16(20-21)17(23)24-3;1-7(16)6-15-10-4-3-8(13)5-9(10)11(14-15)12(17)18-2;1-8-13-6-9(7-14-8)12-15-10(2,3)11(4,5)16-12;1-14-10(13)9-8-4-7(11)3-2-6(8)5-12-9;10-6-2-1-5-4-11-8(9(12)13)7(5)3-6;1-6(2,3)9-5(8)4-7/h4-8H,9H2,1-3H3;3-5H,6H2,1-2H3;6-7H,1-5H3;2-4H,5H2,1H3;1-3H,4H2,(H,12,13);4H2,1-3H3. The van der Waals surface area contributed by atoms with Crippen LogP contribution in [0, 0.1) is 13.8 Å². The summed E-state index contributed by atoms with van der Waals surface area (Å²) in [5.74, 6) is -1.25. The molecule has 11 rings (SSSR count). The molecule has 29 heteroatoms. The quantitative estimate of drug-likeness (QED) is 0.0544. The molecular weight excluding hydrogens is 1480 g/mol. The highest BCUT2D eigenvalue weighted by molar-refractivity contribution is 9.11. The molecule has 4 aromatic carbocycles. The van der Waals surface area contributed by atoms with Crippen LogP contribution in [-0.2, 0) is 78.4 Å². The lowest BCUT2D eigenvalue weighted by Gasteiger charge is -2.32. The normalized spacial score (nSPS) is 13.6. The van der Waals surface area contributed by atoms with Crippen molar-refractivity contribution in [2.45, 2.75) is 119 Å². The Balaban J connectivity index is 0.000000183. The minimum absolute atomic E-state index is 0.0289. The number of Topliss-reactive ketones (excluding diaryl/α,β-unsaturated/α-hetero) is 2. The fourth-order valence-corrected chi connectivity index (χ4v) is 10.0. The van der Waals surface area contributed by atoms with Gasteiger partial charge in [-0.3, -0.25) is 33.7 Å². The monoisotopic (exact) mass is 1540 g/mol. The van der Waals surface area contributed by atoms with E-state index >= 15 is 0 Å². The van der Waals surface area contributed by atoms with Crippen molar-refractivity contribution in [2.75, 3.05) is 26.7 Å². The highest BCUT2D eigenvalue weighted by Crippen LogP contribution is 2.36. The second kappa shape index (κ2) is 32.9. The number of rotatable bonds is 11. The van der Waals surface area contributed by atoms with E-state index in [1.54, 1.807) is 36.9 Å². The zero-order valence-corrected chi connectivity index (χ0v) is 60.4. The number of carbonyl (C=O) groups excluding carboxylic acids is 6. The summed E-state index contributed by atoms with van der Waals surface area (Å²) < 4.78 is 36.5. The van der Waals surface area contributed by atoms with Gasteiger partial charge in [-0.15, -0.1) is 0 Å². The Morgan fingerprint density at radius 3 is 1.43 bits per heavy atom. The van der Waals surface area contributed by atoms with Crippen LogP contribution in [0.2, 0.25) is 0 Å². The number of carboxylic acids is 1. The maximum Gasteiger partial charge on any atom is 0.498 e. The number of nitrogens with zero attached hydrogens (tertiary/aromatic N) is 10. The molecule has 94 heavy (non-hydrogen) atoms. The summed E-state index contributed by atoms with van der Waals surface area (Å²) in [4.78, 5) is 104. The van der Waals surface area contributed by atoms with Gasteiger partial charge in [-0.2, -0.15) is 10.2 Å². The molecule has 8 aromatic rings. The Bertz CT molecular complexity index is 4190. The summed E-state index contributed by atoms with van der Waals surface area (Å²) in [5, 5.41) is 18.7. The van der Waals surface area contributed by atoms with Gasteiger partial charge in [0.15, 0.2) is 34.4 Å². The van der Waals surface area contributed by atoms with Gasteiger partial charge in [0.25, 0.3) is 0 Å². The number of hydrogen-bond donors (Lipinski definition) is 1.